The van der Waals surface area contributed by atoms with Crippen LogP contribution in [0.15, 0.2) is 67.4 Å². The monoisotopic (exact) mass is 519 g/mol. The zero-order valence-corrected chi connectivity index (χ0v) is 21.8. The molecule has 1 aliphatic heterocycles. The van der Waals surface area contributed by atoms with E-state index in [1.54, 1.807) is 43.5 Å². The summed E-state index contributed by atoms with van der Waals surface area (Å²) in [5.74, 6) is 0.0525. The summed E-state index contributed by atoms with van der Waals surface area (Å²) >= 11 is 0. The van der Waals surface area contributed by atoms with Crippen LogP contribution in [0.2, 0.25) is 0 Å². The van der Waals surface area contributed by atoms with Gasteiger partial charge in [-0.05, 0) is 67.4 Å². The van der Waals surface area contributed by atoms with Gasteiger partial charge < -0.3 is 15.0 Å². The number of aryl methyl sites for hydroxylation is 1. The normalized spacial score (nSPS) is 16.6. The van der Waals surface area contributed by atoms with Crippen molar-refractivity contribution in [3.63, 3.8) is 0 Å². The summed E-state index contributed by atoms with van der Waals surface area (Å²) < 4.78 is 20.8. The minimum Gasteiger partial charge on any atom is -0.484 e. The van der Waals surface area contributed by atoms with Crippen molar-refractivity contribution < 1.29 is 18.7 Å². The number of aromatic nitrogens is 2. The van der Waals surface area contributed by atoms with Gasteiger partial charge >= 0.3 is 0 Å². The van der Waals surface area contributed by atoms with Crippen molar-refractivity contribution in [2.45, 2.75) is 32.4 Å². The lowest BCUT2D eigenvalue weighted by Crippen LogP contribution is -2.54. The molecule has 1 fully saturated rings. The molecule has 2 amide bonds. The number of piperazine rings is 1. The minimum absolute atomic E-state index is 0.0238. The van der Waals surface area contributed by atoms with Gasteiger partial charge in [0.1, 0.15) is 17.7 Å². The lowest BCUT2D eigenvalue weighted by molar-refractivity contribution is -0.130. The molecule has 0 radical (unpaired) electrons. The van der Waals surface area contributed by atoms with Crippen LogP contribution in [-0.4, -0.2) is 70.6 Å². The average Bonchev–Trinajstić information content (AvgIpc) is 3.43. The van der Waals surface area contributed by atoms with E-state index in [2.05, 4.69) is 27.0 Å². The van der Waals surface area contributed by atoms with E-state index in [1.807, 2.05) is 24.0 Å². The Kier molecular flexibility index (Phi) is 8.91. The number of aromatic amines is 1. The van der Waals surface area contributed by atoms with E-state index in [4.69, 9.17) is 4.74 Å². The predicted molar refractivity (Wildman–Crippen MR) is 143 cm³/mol. The number of benzene rings is 2. The van der Waals surface area contributed by atoms with Crippen LogP contribution in [0.4, 0.5) is 4.39 Å². The SMILES string of the molecule is C=CC(=O)N1CCN(C[C@H](Oc2ccc(C(=O)NCCc3ccn[nH]3)cc2)c2ccc(C)c(F)c2)C[C@H]1C. The molecule has 2 atom stereocenters. The van der Waals surface area contributed by atoms with Crippen LogP contribution in [-0.2, 0) is 11.2 Å². The largest absolute Gasteiger partial charge is 0.484 e. The van der Waals surface area contributed by atoms with E-state index in [-0.39, 0.29) is 23.7 Å². The van der Waals surface area contributed by atoms with E-state index in [0.717, 1.165) is 11.3 Å². The third kappa shape index (κ3) is 6.86. The van der Waals surface area contributed by atoms with Crippen molar-refractivity contribution in [1.29, 1.82) is 0 Å². The van der Waals surface area contributed by atoms with Crippen molar-refractivity contribution in [2.75, 3.05) is 32.7 Å². The van der Waals surface area contributed by atoms with E-state index in [1.165, 1.54) is 12.1 Å². The molecule has 1 saturated heterocycles. The average molecular weight is 520 g/mol. The zero-order chi connectivity index (χ0) is 27.1. The topological polar surface area (TPSA) is 90.6 Å². The first-order valence-electron chi connectivity index (χ1n) is 12.8. The molecule has 1 aromatic heterocycles. The highest BCUT2D eigenvalue weighted by molar-refractivity contribution is 5.94. The first-order chi connectivity index (χ1) is 18.3. The second-order valence-electron chi connectivity index (χ2n) is 9.57. The number of ether oxygens (including phenoxy) is 1. The lowest BCUT2D eigenvalue weighted by atomic mass is 10.0. The van der Waals surface area contributed by atoms with Crippen LogP contribution in [0, 0.1) is 12.7 Å². The summed E-state index contributed by atoms with van der Waals surface area (Å²) in [5.41, 5.74) is 2.78. The highest BCUT2D eigenvalue weighted by Crippen LogP contribution is 2.26. The van der Waals surface area contributed by atoms with E-state index in [0.29, 0.717) is 56.0 Å². The fourth-order valence-corrected chi connectivity index (χ4v) is 4.58. The highest BCUT2D eigenvalue weighted by atomic mass is 19.1. The smallest absolute Gasteiger partial charge is 0.251 e. The summed E-state index contributed by atoms with van der Waals surface area (Å²) in [6, 6.07) is 14.0. The minimum atomic E-state index is -0.437. The van der Waals surface area contributed by atoms with Crippen molar-refractivity contribution in [2.24, 2.45) is 0 Å². The van der Waals surface area contributed by atoms with E-state index >= 15 is 0 Å². The standard InChI is InChI=1S/C29H34FN5O3/c1-4-28(36)35-16-15-34(18-21(35)3)19-27(23-6-5-20(2)26(30)17-23)38-25-9-7-22(8-10-25)29(37)31-13-11-24-12-14-32-33-24/h4-10,12,14,17,21,27H,1,11,13,15-16,18-19H2,2-3H3,(H,31,37)(H,32,33)/t21-,27+/m1/s1. The van der Waals surface area contributed by atoms with Crippen molar-refractivity contribution in [3.8, 4) is 5.75 Å². The molecule has 2 heterocycles. The number of amides is 2. The molecule has 3 aromatic rings. The molecule has 38 heavy (non-hydrogen) atoms. The number of nitrogens with one attached hydrogen (secondary N) is 2. The highest BCUT2D eigenvalue weighted by Gasteiger charge is 2.28. The Bertz CT molecular complexity index is 1250. The second kappa shape index (κ2) is 12.5. The van der Waals surface area contributed by atoms with Gasteiger partial charge in [-0.25, -0.2) is 4.39 Å². The number of carbonyl (C=O) groups is 2. The molecule has 2 N–H and O–H groups in total. The molecule has 4 rings (SSSR count). The van der Waals surface area contributed by atoms with Gasteiger partial charge in [0.2, 0.25) is 5.91 Å². The van der Waals surface area contributed by atoms with E-state index in [9.17, 15) is 14.0 Å². The maximum atomic E-state index is 14.5. The van der Waals surface area contributed by atoms with Crippen LogP contribution in [0.5, 0.6) is 5.75 Å². The van der Waals surface area contributed by atoms with Gasteiger partial charge in [0.15, 0.2) is 0 Å². The summed E-state index contributed by atoms with van der Waals surface area (Å²) in [4.78, 5) is 28.7. The Labute approximate surface area is 222 Å². The van der Waals surface area contributed by atoms with Gasteiger partial charge in [-0.15, -0.1) is 0 Å². The first kappa shape index (κ1) is 27.1. The summed E-state index contributed by atoms with van der Waals surface area (Å²) in [6.07, 6.45) is 3.25. The molecule has 8 nitrogen and oxygen atoms in total. The van der Waals surface area contributed by atoms with Crippen LogP contribution in [0.1, 0.15) is 40.2 Å². The summed E-state index contributed by atoms with van der Waals surface area (Å²) in [7, 11) is 0. The molecule has 1 aliphatic rings. The Morgan fingerprint density at radius 3 is 2.68 bits per heavy atom. The third-order valence-electron chi connectivity index (χ3n) is 6.79. The third-order valence-corrected chi connectivity index (χ3v) is 6.79. The van der Waals surface area contributed by atoms with Crippen LogP contribution >= 0.6 is 0 Å². The number of nitrogens with zero attached hydrogens (tertiary/aromatic N) is 3. The molecule has 0 bridgehead atoms. The van der Waals surface area contributed by atoms with Crippen molar-refractivity contribution in [3.05, 3.63) is 95.6 Å². The molecule has 0 saturated carbocycles. The molecular weight excluding hydrogens is 485 g/mol. The maximum absolute atomic E-state index is 14.5. The van der Waals surface area contributed by atoms with E-state index < -0.39 is 6.10 Å². The Morgan fingerprint density at radius 2 is 2.03 bits per heavy atom. The maximum Gasteiger partial charge on any atom is 0.251 e. The van der Waals surface area contributed by atoms with Crippen LogP contribution in [0.25, 0.3) is 0 Å². The number of carbonyl (C=O) groups excluding carboxylic acids is 2. The van der Waals surface area contributed by atoms with Crippen LogP contribution < -0.4 is 10.1 Å². The molecule has 9 heteroatoms. The summed E-state index contributed by atoms with van der Waals surface area (Å²) in [5, 5.41) is 9.67. The second-order valence-corrected chi connectivity index (χ2v) is 9.57. The van der Waals surface area contributed by atoms with Gasteiger partial charge in [0.05, 0.1) is 0 Å². The molecular formula is C29H34FN5O3. The van der Waals surface area contributed by atoms with Crippen molar-refractivity contribution >= 4 is 11.8 Å². The fourth-order valence-electron chi connectivity index (χ4n) is 4.58. The Hall–Kier alpha value is -3.98. The molecule has 2 aromatic carbocycles. The first-order valence-corrected chi connectivity index (χ1v) is 12.8. The quantitative estimate of drug-likeness (QED) is 0.399. The zero-order valence-electron chi connectivity index (χ0n) is 21.8. The van der Waals surface area contributed by atoms with Gasteiger partial charge in [-0.2, -0.15) is 5.10 Å². The van der Waals surface area contributed by atoms with Gasteiger partial charge in [0.25, 0.3) is 5.91 Å². The van der Waals surface area contributed by atoms with Gasteiger partial charge in [-0.1, -0.05) is 18.7 Å². The summed E-state index contributed by atoms with van der Waals surface area (Å²) in [6.45, 7) is 10.3. The Morgan fingerprint density at radius 1 is 1.24 bits per heavy atom. The number of rotatable bonds is 10. The van der Waals surface area contributed by atoms with Gasteiger partial charge in [-0.3, -0.25) is 19.6 Å². The molecule has 200 valence electrons. The number of halogens is 1. The Balaban J connectivity index is 1.42. The number of H-pyrrole nitrogens is 1. The number of hydrogen-bond donors (Lipinski definition) is 2. The van der Waals surface area contributed by atoms with Crippen molar-refractivity contribution in [1.82, 2.24) is 25.3 Å². The molecule has 0 unspecified atom stereocenters. The fraction of sp³-hybridized carbons (Fsp3) is 0.345. The lowest BCUT2D eigenvalue weighted by Gasteiger charge is -2.40. The van der Waals surface area contributed by atoms with Gasteiger partial charge in [0, 0.05) is 62.6 Å². The number of hydrogen-bond acceptors (Lipinski definition) is 5. The molecule has 0 spiro atoms. The predicted octanol–water partition coefficient (Wildman–Crippen LogP) is 3.67. The van der Waals surface area contributed by atoms with Crippen LogP contribution in [0.3, 0.4) is 0 Å². The molecule has 0 aliphatic carbocycles.